The highest BCUT2D eigenvalue weighted by molar-refractivity contribution is 9.10. The second-order valence-corrected chi connectivity index (χ2v) is 9.30. The minimum Gasteiger partial charge on any atom is -0.395 e. The van der Waals surface area contributed by atoms with Crippen LogP contribution in [0.5, 0.6) is 0 Å². The molecule has 0 bridgehead atoms. The molecule has 0 radical (unpaired) electrons. The van der Waals surface area contributed by atoms with Gasteiger partial charge in [0.2, 0.25) is 0 Å². The highest BCUT2D eigenvalue weighted by atomic mass is 79.9. The average Bonchev–Trinajstić information content (AvgIpc) is 3.25. The number of anilines is 4. The number of rotatable bonds is 7. The predicted octanol–water partition coefficient (Wildman–Crippen LogP) is 3.25. The zero-order valence-electron chi connectivity index (χ0n) is 17.9. The third-order valence-electron chi connectivity index (χ3n) is 5.10. The molecule has 1 aliphatic rings. The monoisotopic (exact) mass is 535 g/mol. The molecule has 12 heteroatoms. The number of para-hydroxylation sites is 1. The van der Waals surface area contributed by atoms with E-state index in [1.165, 1.54) is 12.3 Å². The number of aliphatic hydroxyl groups excluding tert-OH is 1. The number of thiazole rings is 1. The third kappa shape index (κ3) is 5.82. The number of halogens is 2. The van der Waals surface area contributed by atoms with Crippen LogP contribution in [0, 0.1) is 12.7 Å². The van der Waals surface area contributed by atoms with Crippen LogP contribution in [-0.2, 0) is 0 Å². The van der Waals surface area contributed by atoms with E-state index >= 15 is 0 Å². The number of aryl methyl sites for hydroxylation is 1. The summed E-state index contributed by atoms with van der Waals surface area (Å²) in [5, 5.41) is 15.3. The molecule has 33 heavy (non-hydrogen) atoms. The largest absolute Gasteiger partial charge is 0.395 e. The van der Waals surface area contributed by atoms with Crippen LogP contribution < -0.4 is 15.5 Å². The summed E-state index contributed by atoms with van der Waals surface area (Å²) < 4.78 is 14.5. The Bertz CT molecular complexity index is 1120. The molecule has 1 fully saturated rings. The molecular weight excluding hydrogens is 513 g/mol. The number of aromatic nitrogens is 3. The smallest absolute Gasteiger partial charge is 0.267 e. The second kappa shape index (κ2) is 10.5. The zero-order valence-corrected chi connectivity index (χ0v) is 20.3. The van der Waals surface area contributed by atoms with Gasteiger partial charge in [-0.05, 0) is 35.0 Å². The molecule has 1 aliphatic heterocycles. The molecule has 2 aromatic heterocycles. The van der Waals surface area contributed by atoms with E-state index in [1.54, 1.807) is 12.1 Å². The van der Waals surface area contributed by atoms with Crippen molar-refractivity contribution in [3.63, 3.8) is 0 Å². The molecule has 174 valence electrons. The van der Waals surface area contributed by atoms with Crippen molar-refractivity contribution in [1.29, 1.82) is 0 Å². The molecule has 0 unspecified atom stereocenters. The molecule has 3 heterocycles. The summed E-state index contributed by atoms with van der Waals surface area (Å²) in [6.07, 6.45) is 1.44. The molecule has 1 aromatic carbocycles. The summed E-state index contributed by atoms with van der Waals surface area (Å²) in [5.41, 5.74) is 0.0839. The lowest BCUT2D eigenvalue weighted by Crippen LogP contribution is -2.47. The summed E-state index contributed by atoms with van der Waals surface area (Å²) >= 11 is 4.39. The first-order valence-electron chi connectivity index (χ1n) is 10.3. The van der Waals surface area contributed by atoms with Crippen molar-refractivity contribution in [2.45, 2.75) is 6.92 Å². The van der Waals surface area contributed by atoms with Crippen LogP contribution in [0.4, 0.5) is 26.8 Å². The molecule has 1 amide bonds. The number of carbonyl (C=O) groups excluding carboxylic acids is 1. The lowest BCUT2D eigenvalue weighted by Gasteiger charge is -2.35. The number of hydrogen-bond acceptors (Lipinski definition) is 9. The molecule has 1 saturated heterocycles. The number of β-amino-alcohol motifs (C(OH)–C–C–N with tert-alkyl or cyclic N) is 1. The van der Waals surface area contributed by atoms with Crippen LogP contribution in [0.2, 0.25) is 0 Å². The van der Waals surface area contributed by atoms with Crippen molar-refractivity contribution < 1.29 is 14.3 Å². The van der Waals surface area contributed by atoms with Gasteiger partial charge in [0.15, 0.2) is 5.13 Å². The van der Waals surface area contributed by atoms with Gasteiger partial charge < -0.3 is 20.6 Å². The van der Waals surface area contributed by atoms with Crippen molar-refractivity contribution in [3.05, 3.63) is 51.5 Å². The van der Waals surface area contributed by atoms with E-state index in [2.05, 4.69) is 51.3 Å². The van der Waals surface area contributed by atoms with E-state index in [0.29, 0.717) is 32.7 Å². The highest BCUT2D eigenvalue weighted by Crippen LogP contribution is 2.28. The second-order valence-electron chi connectivity index (χ2n) is 7.42. The van der Waals surface area contributed by atoms with Crippen molar-refractivity contribution in [2.24, 2.45) is 0 Å². The number of nitrogens with zero attached hydrogens (tertiary/aromatic N) is 5. The van der Waals surface area contributed by atoms with E-state index in [4.69, 9.17) is 5.11 Å². The van der Waals surface area contributed by atoms with Crippen molar-refractivity contribution in [1.82, 2.24) is 19.9 Å². The lowest BCUT2D eigenvalue weighted by molar-refractivity contribution is 0.102. The lowest BCUT2D eigenvalue weighted by atomic mass is 10.3. The van der Waals surface area contributed by atoms with Gasteiger partial charge in [0.25, 0.3) is 5.91 Å². The molecule has 0 saturated carbocycles. The van der Waals surface area contributed by atoms with Gasteiger partial charge in [0.05, 0.1) is 18.5 Å². The summed E-state index contributed by atoms with van der Waals surface area (Å²) in [6, 6.07) is 6.34. The Morgan fingerprint density at radius 3 is 2.79 bits per heavy atom. The maximum absolute atomic E-state index is 14.0. The van der Waals surface area contributed by atoms with Crippen molar-refractivity contribution >= 4 is 55.6 Å². The van der Waals surface area contributed by atoms with Gasteiger partial charge in [0.1, 0.15) is 28.2 Å². The Morgan fingerprint density at radius 1 is 1.27 bits per heavy atom. The number of benzene rings is 1. The Labute approximate surface area is 202 Å². The summed E-state index contributed by atoms with van der Waals surface area (Å²) in [4.78, 5) is 30.5. The molecule has 0 aliphatic carbocycles. The van der Waals surface area contributed by atoms with Gasteiger partial charge in [-0.1, -0.05) is 17.4 Å². The molecule has 0 spiro atoms. The van der Waals surface area contributed by atoms with Gasteiger partial charge in [0, 0.05) is 43.3 Å². The summed E-state index contributed by atoms with van der Waals surface area (Å²) in [6.45, 7) is 5.99. The highest BCUT2D eigenvalue weighted by Gasteiger charge is 2.19. The fourth-order valence-corrected chi connectivity index (χ4v) is 4.62. The Morgan fingerprint density at radius 2 is 2.06 bits per heavy atom. The van der Waals surface area contributed by atoms with Crippen molar-refractivity contribution in [2.75, 3.05) is 54.9 Å². The first kappa shape index (κ1) is 23.5. The Kier molecular flexibility index (Phi) is 7.48. The summed E-state index contributed by atoms with van der Waals surface area (Å²) in [5.74, 6) is 1.03. The minimum atomic E-state index is -0.526. The molecule has 9 nitrogen and oxygen atoms in total. The maximum Gasteiger partial charge on any atom is 0.267 e. The quantitative estimate of drug-likeness (QED) is 0.423. The SMILES string of the molecule is Cc1nc(Nc2ncc(C(=O)Nc3c(F)cccc3Br)s2)cc(N2CCN(CCO)CC2)n1. The standard InChI is InChI=1S/C21H23BrFN7O2S/c1-13-25-17(11-18(26-13)30-7-5-29(6-8-30)9-10-31)27-21-24-12-16(33-21)20(32)28-19-14(22)3-2-4-15(19)23/h2-4,11-12,31H,5-10H2,1H3,(H,28,32)(H,24,25,26,27). The van der Waals surface area contributed by atoms with Gasteiger partial charge in [-0.3, -0.25) is 9.69 Å². The average molecular weight is 536 g/mol. The van der Waals surface area contributed by atoms with Gasteiger partial charge in [-0.25, -0.2) is 19.3 Å². The first-order chi connectivity index (χ1) is 15.9. The Hall–Kier alpha value is -2.67. The molecular formula is C21H23BrFN7O2S. The number of carbonyl (C=O) groups is 1. The number of hydrogen-bond donors (Lipinski definition) is 3. The van der Waals surface area contributed by atoms with Gasteiger partial charge in [-0.15, -0.1) is 0 Å². The molecule has 0 atom stereocenters. The zero-order chi connectivity index (χ0) is 23.4. The fraction of sp³-hybridized carbons (Fsp3) is 0.333. The van der Waals surface area contributed by atoms with Crippen LogP contribution in [0.15, 0.2) is 34.9 Å². The molecule has 4 rings (SSSR count). The van der Waals surface area contributed by atoms with Crippen LogP contribution in [-0.4, -0.2) is 70.2 Å². The van der Waals surface area contributed by atoms with Crippen LogP contribution in [0.1, 0.15) is 15.5 Å². The number of piperazine rings is 1. The molecule has 3 N–H and O–H groups in total. The first-order valence-corrected chi connectivity index (χ1v) is 12.0. The maximum atomic E-state index is 14.0. The van der Waals surface area contributed by atoms with Gasteiger partial charge >= 0.3 is 0 Å². The number of aliphatic hydroxyl groups is 1. The van der Waals surface area contributed by atoms with Crippen molar-refractivity contribution in [3.8, 4) is 0 Å². The van der Waals surface area contributed by atoms with E-state index < -0.39 is 11.7 Å². The number of amides is 1. The van der Waals surface area contributed by atoms with E-state index in [1.807, 2.05) is 13.0 Å². The van der Waals surface area contributed by atoms with E-state index in [0.717, 1.165) is 43.3 Å². The summed E-state index contributed by atoms with van der Waals surface area (Å²) in [7, 11) is 0. The normalized spacial score (nSPS) is 14.4. The minimum absolute atomic E-state index is 0.0839. The van der Waals surface area contributed by atoms with Gasteiger partial charge in [-0.2, -0.15) is 0 Å². The topological polar surface area (TPSA) is 107 Å². The Balaban J connectivity index is 1.43. The number of nitrogens with one attached hydrogen (secondary N) is 2. The fourth-order valence-electron chi connectivity index (χ4n) is 3.46. The van der Waals surface area contributed by atoms with E-state index in [-0.39, 0.29) is 12.3 Å². The predicted molar refractivity (Wildman–Crippen MR) is 130 cm³/mol. The van der Waals surface area contributed by atoms with Crippen LogP contribution in [0.25, 0.3) is 0 Å². The third-order valence-corrected chi connectivity index (χ3v) is 6.68. The van der Waals surface area contributed by atoms with Crippen LogP contribution in [0.3, 0.4) is 0 Å². The van der Waals surface area contributed by atoms with Crippen LogP contribution >= 0.6 is 27.3 Å². The molecule has 3 aromatic rings. The van der Waals surface area contributed by atoms with E-state index in [9.17, 15) is 9.18 Å².